The Kier molecular flexibility index (Phi) is 4.08. The van der Waals surface area contributed by atoms with Crippen molar-refractivity contribution in [2.75, 3.05) is 7.11 Å². The Morgan fingerprint density at radius 1 is 1.15 bits per heavy atom. The van der Waals surface area contributed by atoms with E-state index >= 15 is 0 Å². The minimum atomic E-state index is -0.933. The van der Waals surface area contributed by atoms with E-state index in [2.05, 4.69) is 19.9 Å². The molecule has 0 aromatic heterocycles. The lowest BCUT2D eigenvalue weighted by Crippen LogP contribution is -2.00. The highest BCUT2D eigenvalue weighted by Gasteiger charge is 2.13. The van der Waals surface area contributed by atoms with Crippen LogP contribution in [0, 0.1) is 0 Å². The molecular formula is C17H18O3. The fraction of sp³-hybridized carbons (Fsp3) is 0.235. The molecule has 0 heterocycles. The minimum absolute atomic E-state index is 0.284. The normalized spacial score (nSPS) is 10.6. The Morgan fingerprint density at radius 3 is 2.50 bits per heavy atom. The lowest BCUT2D eigenvalue weighted by atomic mass is 9.94. The summed E-state index contributed by atoms with van der Waals surface area (Å²) in [6.45, 7) is 4.23. The number of carbonyl (C=O) groups is 1. The predicted molar refractivity (Wildman–Crippen MR) is 79.5 cm³/mol. The van der Waals surface area contributed by atoms with Gasteiger partial charge in [-0.1, -0.05) is 38.1 Å². The molecule has 0 radical (unpaired) electrons. The van der Waals surface area contributed by atoms with Crippen molar-refractivity contribution in [1.29, 1.82) is 0 Å². The first-order valence-corrected chi connectivity index (χ1v) is 6.54. The SMILES string of the molecule is COc1ccc(C(=O)O)c(-c2cccc(C(C)C)c2)c1. The summed E-state index contributed by atoms with van der Waals surface area (Å²) in [7, 11) is 1.57. The molecule has 2 aromatic rings. The molecule has 104 valence electrons. The molecule has 3 nitrogen and oxygen atoms in total. The summed E-state index contributed by atoms with van der Waals surface area (Å²) in [5.74, 6) is 0.117. The van der Waals surface area contributed by atoms with E-state index in [9.17, 15) is 9.90 Å². The average molecular weight is 270 g/mol. The fourth-order valence-corrected chi connectivity index (χ4v) is 2.14. The monoisotopic (exact) mass is 270 g/mol. The van der Waals surface area contributed by atoms with Gasteiger partial charge in [0.05, 0.1) is 12.7 Å². The van der Waals surface area contributed by atoms with Gasteiger partial charge in [0, 0.05) is 0 Å². The molecule has 0 spiro atoms. The Bertz CT molecular complexity index is 630. The van der Waals surface area contributed by atoms with Gasteiger partial charge in [0.2, 0.25) is 0 Å². The number of ether oxygens (including phenoxy) is 1. The van der Waals surface area contributed by atoms with Crippen molar-refractivity contribution in [3.05, 3.63) is 53.6 Å². The lowest BCUT2D eigenvalue weighted by molar-refractivity contribution is 0.0697. The summed E-state index contributed by atoms with van der Waals surface area (Å²) in [5.41, 5.74) is 3.04. The van der Waals surface area contributed by atoms with Gasteiger partial charge < -0.3 is 9.84 Å². The second-order valence-electron chi connectivity index (χ2n) is 5.00. The van der Waals surface area contributed by atoms with Gasteiger partial charge >= 0.3 is 5.97 Å². The molecule has 3 heteroatoms. The maximum Gasteiger partial charge on any atom is 0.336 e. The standard InChI is InChI=1S/C17H18O3/c1-11(2)12-5-4-6-13(9-12)16-10-14(20-3)7-8-15(16)17(18)19/h4-11H,1-3H3,(H,18,19). The van der Waals surface area contributed by atoms with E-state index in [0.717, 1.165) is 5.56 Å². The van der Waals surface area contributed by atoms with E-state index in [1.807, 2.05) is 18.2 Å². The highest BCUT2D eigenvalue weighted by atomic mass is 16.5. The number of hydrogen-bond acceptors (Lipinski definition) is 2. The molecule has 2 aromatic carbocycles. The highest BCUT2D eigenvalue weighted by Crippen LogP contribution is 2.30. The van der Waals surface area contributed by atoms with Crippen LogP contribution in [0.15, 0.2) is 42.5 Å². The maximum atomic E-state index is 11.4. The topological polar surface area (TPSA) is 46.5 Å². The Morgan fingerprint density at radius 2 is 1.90 bits per heavy atom. The van der Waals surface area contributed by atoms with Crippen LogP contribution in [0.3, 0.4) is 0 Å². The van der Waals surface area contributed by atoms with Crippen molar-refractivity contribution in [3.63, 3.8) is 0 Å². The summed E-state index contributed by atoms with van der Waals surface area (Å²) in [5, 5.41) is 9.33. The zero-order valence-corrected chi connectivity index (χ0v) is 11.9. The zero-order valence-electron chi connectivity index (χ0n) is 11.9. The first-order chi connectivity index (χ1) is 9.52. The Labute approximate surface area is 118 Å². The third kappa shape index (κ3) is 2.82. The first kappa shape index (κ1) is 14.1. The van der Waals surface area contributed by atoms with Crippen LogP contribution in [0.25, 0.3) is 11.1 Å². The van der Waals surface area contributed by atoms with Crippen LogP contribution in [0.2, 0.25) is 0 Å². The van der Waals surface area contributed by atoms with Crippen molar-refractivity contribution in [3.8, 4) is 16.9 Å². The lowest BCUT2D eigenvalue weighted by Gasteiger charge is -2.12. The van der Waals surface area contributed by atoms with Gasteiger partial charge in [-0.15, -0.1) is 0 Å². The number of hydrogen-bond donors (Lipinski definition) is 1. The largest absolute Gasteiger partial charge is 0.497 e. The molecular weight excluding hydrogens is 252 g/mol. The van der Waals surface area contributed by atoms with Crippen LogP contribution in [-0.4, -0.2) is 18.2 Å². The van der Waals surface area contributed by atoms with Crippen molar-refractivity contribution in [2.45, 2.75) is 19.8 Å². The molecule has 2 rings (SSSR count). The number of carboxylic acids is 1. The van der Waals surface area contributed by atoms with E-state index in [-0.39, 0.29) is 5.56 Å². The van der Waals surface area contributed by atoms with Crippen LogP contribution in [0.4, 0.5) is 0 Å². The summed E-state index contributed by atoms with van der Waals surface area (Å²) >= 11 is 0. The molecule has 0 bridgehead atoms. The molecule has 0 saturated carbocycles. The van der Waals surface area contributed by atoms with Crippen LogP contribution >= 0.6 is 0 Å². The van der Waals surface area contributed by atoms with Gasteiger partial charge in [-0.05, 0) is 40.8 Å². The number of aromatic carboxylic acids is 1. The molecule has 0 amide bonds. The molecule has 0 aliphatic carbocycles. The first-order valence-electron chi connectivity index (χ1n) is 6.54. The van der Waals surface area contributed by atoms with Gasteiger partial charge in [0.15, 0.2) is 0 Å². The molecule has 0 saturated heterocycles. The third-order valence-corrected chi connectivity index (χ3v) is 3.32. The van der Waals surface area contributed by atoms with Crippen LogP contribution in [0.1, 0.15) is 35.7 Å². The second kappa shape index (κ2) is 5.78. The number of carboxylic acid groups (broad SMARTS) is 1. The van der Waals surface area contributed by atoms with Crippen LogP contribution in [-0.2, 0) is 0 Å². The molecule has 1 N–H and O–H groups in total. The fourth-order valence-electron chi connectivity index (χ4n) is 2.14. The van der Waals surface area contributed by atoms with E-state index < -0.39 is 5.97 Å². The maximum absolute atomic E-state index is 11.4. The van der Waals surface area contributed by atoms with Gasteiger partial charge in [0.25, 0.3) is 0 Å². The smallest absolute Gasteiger partial charge is 0.336 e. The molecule has 0 aliphatic heterocycles. The van der Waals surface area contributed by atoms with Gasteiger partial charge in [-0.25, -0.2) is 4.79 Å². The number of benzene rings is 2. The zero-order chi connectivity index (χ0) is 14.7. The molecule has 0 fully saturated rings. The van der Waals surface area contributed by atoms with Crippen molar-refractivity contribution >= 4 is 5.97 Å². The van der Waals surface area contributed by atoms with Crippen molar-refractivity contribution in [1.82, 2.24) is 0 Å². The summed E-state index contributed by atoms with van der Waals surface area (Å²) in [6.07, 6.45) is 0. The summed E-state index contributed by atoms with van der Waals surface area (Å²) < 4.78 is 5.20. The van der Waals surface area contributed by atoms with E-state index in [1.165, 1.54) is 5.56 Å². The predicted octanol–water partition coefficient (Wildman–Crippen LogP) is 4.18. The van der Waals surface area contributed by atoms with Gasteiger partial charge in [0.1, 0.15) is 5.75 Å². The number of rotatable bonds is 4. The quantitative estimate of drug-likeness (QED) is 0.906. The summed E-state index contributed by atoms with van der Waals surface area (Å²) in [4.78, 5) is 11.4. The highest BCUT2D eigenvalue weighted by molar-refractivity contribution is 5.96. The molecule has 0 aliphatic rings. The van der Waals surface area contributed by atoms with Crippen LogP contribution in [0.5, 0.6) is 5.75 Å². The minimum Gasteiger partial charge on any atom is -0.497 e. The third-order valence-electron chi connectivity index (χ3n) is 3.32. The number of methoxy groups -OCH3 is 1. The van der Waals surface area contributed by atoms with Crippen molar-refractivity contribution in [2.24, 2.45) is 0 Å². The average Bonchev–Trinajstić information content (AvgIpc) is 2.46. The second-order valence-corrected chi connectivity index (χ2v) is 5.00. The van der Waals surface area contributed by atoms with Crippen LogP contribution < -0.4 is 4.74 Å². The Balaban J connectivity index is 2.60. The van der Waals surface area contributed by atoms with E-state index in [0.29, 0.717) is 17.2 Å². The summed E-state index contributed by atoms with van der Waals surface area (Å²) in [6, 6.07) is 13.0. The van der Waals surface area contributed by atoms with Gasteiger partial charge in [-0.2, -0.15) is 0 Å². The Hall–Kier alpha value is -2.29. The molecule has 0 unspecified atom stereocenters. The molecule has 20 heavy (non-hydrogen) atoms. The van der Waals surface area contributed by atoms with E-state index in [1.54, 1.807) is 25.3 Å². The van der Waals surface area contributed by atoms with E-state index in [4.69, 9.17) is 4.74 Å². The van der Waals surface area contributed by atoms with Gasteiger partial charge in [-0.3, -0.25) is 0 Å². The molecule has 0 atom stereocenters. The van der Waals surface area contributed by atoms with Crippen molar-refractivity contribution < 1.29 is 14.6 Å².